The smallest absolute Gasteiger partial charge is 0.234 e. The zero-order valence-corrected chi connectivity index (χ0v) is 19.8. The molecule has 0 fully saturated rings. The minimum atomic E-state index is -0.141. The van der Waals surface area contributed by atoms with Crippen LogP contribution in [0.4, 0.5) is 11.4 Å². The number of benzene rings is 2. The van der Waals surface area contributed by atoms with E-state index in [1.807, 2.05) is 67.8 Å². The maximum absolute atomic E-state index is 12.6. The van der Waals surface area contributed by atoms with Gasteiger partial charge < -0.3 is 15.2 Å². The number of thioether (sulfide) groups is 1. The molecule has 3 rings (SSSR count). The van der Waals surface area contributed by atoms with Crippen molar-refractivity contribution in [2.75, 3.05) is 16.4 Å². The summed E-state index contributed by atoms with van der Waals surface area (Å²) in [4.78, 5) is 25.0. The van der Waals surface area contributed by atoms with Crippen LogP contribution in [0.25, 0.3) is 0 Å². The lowest BCUT2D eigenvalue weighted by Crippen LogP contribution is -2.19. The van der Waals surface area contributed by atoms with Crippen LogP contribution in [-0.4, -0.2) is 32.3 Å². The number of carbonyl (C=O) groups is 2. The Bertz CT molecular complexity index is 1110. The van der Waals surface area contributed by atoms with Gasteiger partial charge in [0.25, 0.3) is 0 Å². The molecule has 32 heavy (non-hydrogen) atoms. The van der Waals surface area contributed by atoms with Gasteiger partial charge in [-0.05, 0) is 56.0 Å². The minimum absolute atomic E-state index is 0.107. The fourth-order valence-corrected chi connectivity index (χ4v) is 4.17. The first-order valence-electron chi connectivity index (χ1n) is 10.7. The summed E-state index contributed by atoms with van der Waals surface area (Å²) in [5.74, 6) is 0.542. The zero-order valence-electron chi connectivity index (χ0n) is 18.9. The van der Waals surface area contributed by atoms with Crippen molar-refractivity contribution >= 4 is 35.0 Å². The van der Waals surface area contributed by atoms with E-state index in [1.54, 1.807) is 0 Å². The first kappa shape index (κ1) is 23.5. The van der Waals surface area contributed by atoms with Crippen molar-refractivity contribution in [2.24, 2.45) is 0 Å². The molecule has 1 aromatic heterocycles. The van der Waals surface area contributed by atoms with E-state index in [0.29, 0.717) is 17.5 Å². The molecule has 0 aliphatic heterocycles. The van der Waals surface area contributed by atoms with Gasteiger partial charge in [0.1, 0.15) is 5.82 Å². The number of nitrogens with zero attached hydrogens (tertiary/aromatic N) is 3. The number of hydrogen-bond acceptors (Lipinski definition) is 5. The predicted octanol–water partition coefficient (Wildman–Crippen LogP) is 4.39. The fraction of sp³-hybridized carbons (Fsp3) is 0.333. The van der Waals surface area contributed by atoms with E-state index >= 15 is 0 Å². The molecule has 2 N–H and O–H groups in total. The van der Waals surface area contributed by atoms with Crippen LogP contribution in [0, 0.1) is 13.8 Å². The fourth-order valence-electron chi connectivity index (χ4n) is 3.35. The van der Waals surface area contributed by atoms with Crippen LogP contribution in [0.1, 0.15) is 36.4 Å². The van der Waals surface area contributed by atoms with Crippen LogP contribution in [0.15, 0.2) is 47.6 Å². The average Bonchev–Trinajstić information content (AvgIpc) is 3.16. The Kier molecular flexibility index (Phi) is 8.05. The van der Waals surface area contributed by atoms with Crippen LogP contribution >= 0.6 is 11.8 Å². The van der Waals surface area contributed by atoms with Gasteiger partial charge in [0, 0.05) is 17.9 Å². The third-order valence-corrected chi connectivity index (χ3v) is 6.07. The van der Waals surface area contributed by atoms with E-state index < -0.39 is 0 Å². The number of carbonyl (C=O) groups excluding carboxylic acids is 2. The highest BCUT2D eigenvalue weighted by Gasteiger charge is 2.17. The molecule has 0 spiro atoms. The largest absolute Gasteiger partial charge is 0.325 e. The van der Waals surface area contributed by atoms with Gasteiger partial charge in [0.15, 0.2) is 5.16 Å². The lowest BCUT2D eigenvalue weighted by molar-refractivity contribution is -0.116. The number of hydrogen-bond donors (Lipinski definition) is 2. The average molecular weight is 452 g/mol. The molecule has 8 heteroatoms. The molecule has 0 unspecified atom stereocenters. The summed E-state index contributed by atoms with van der Waals surface area (Å²) in [7, 11) is 0. The van der Waals surface area contributed by atoms with E-state index in [2.05, 4.69) is 27.8 Å². The van der Waals surface area contributed by atoms with E-state index in [0.717, 1.165) is 34.5 Å². The van der Waals surface area contributed by atoms with E-state index in [4.69, 9.17) is 0 Å². The normalized spacial score (nSPS) is 10.8. The second-order valence-electron chi connectivity index (χ2n) is 7.53. The zero-order chi connectivity index (χ0) is 23.1. The monoisotopic (exact) mass is 451 g/mol. The van der Waals surface area contributed by atoms with E-state index in [-0.39, 0.29) is 24.0 Å². The lowest BCUT2D eigenvalue weighted by Gasteiger charge is -2.11. The van der Waals surface area contributed by atoms with Crippen molar-refractivity contribution in [1.29, 1.82) is 0 Å². The minimum Gasteiger partial charge on any atom is -0.325 e. The van der Waals surface area contributed by atoms with Gasteiger partial charge >= 0.3 is 0 Å². The van der Waals surface area contributed by atoms with Crippen LogP contribution in [0.5, 0.6) is 0 Å². The second kappa shape index (κ2) is 10.9. The molecule has 0 radical (unpaired) electrons. The molecule has 3 aromatic rings. The Labute approximate surface area is 193 Å². The Morgan fingerprint density at radius 3 is 2.47 bits per heavy atom. The maximum atomic E-state index is 12.6. The highest BCUT2D eigenvalue weighted by Crippen LogP contribution is 2.21. The number of aromatic nitrogens is 3. The van der Waals surface area contributed by atoms with Gasteiger partial charge in [0.05, 0.1) is 12.2 Å². The van der Waals surface area contributed by atoms with Gasteiger partial charge in [-0.15, -0.1) is 10.2 Å². The molecule has 2 aromatic carbocycles. The topological polar surface area (TPSA) is 88.9 Å². The van der Waals surface area contributed by atoms with E-state index in [1.165, 1.54) is 11.8 Å². The number of anilines is 2. The first-order chi connectivity index (χ1) is 15.4. The van der Waals surface area contributed by atoms with Gasteiger partial charge in [0.2, 0.25) is 11.8 Å². The summed E-state index contributed by atoms with van der Waals surface area (Å²) in [6.45, 7) is 8.59. The number of amides is 2. The molecule has 168 valence electrons. The standard InChI is InChI=1S/C24H29N5O2S/c1-5-18-9-7-8-10-19(18)25-22(30)14-21-27-28-24(29(21)6-2)32-15-23(31)26-20-13-16(3)11-12-17(20)4/h7-13H,5-6,14-15H2,1-4H3,(H,25,30)(H,26,31). The highest BCUT2D eigenvalue weighted by atomic mass is 32.2. The van der Waals surface area contributed by atoms with E-state index in [9.17, 15) is 9.59 Å². The molecular weight excluding hydrogens is 422 g/mol. The summed E-state index contributed by atoms with van der Waals surface area (Å²) in [5.41, 5.74) is 4.83. The van der Waals surface area contributed by atoms with Crippen LogP contribution in [0.3, 0.4) is 0 Å². The maximum Gasteiger partial charge on any atom is 0.234 e. The summed E-state index contributed by atoms with van der Waals surface area (Å²) in [5, 5.41) is 15.0. The third-order valence-electron chi connectivity index (χ3n) is 5.10. The van der Waals surface area contributed by atoms with Gasteiger partial charge in [-0.3, -0.25) is 9.59 Å². The lowest BCUT2D eigenvalue weighted by atomic mass is 10.1. The van der Waals surface area contributed by atoms with Crippen molar-refractivity contribution in [1.82, 2.24) is 14.8 Å². The van der Waals surface area contributed by atoms with Crippen LogP contribution in [-0.2, 0) is 29.0 Å². The van der Waals surface area contributed by atoms with Crippen molar-refractivity contribution in [3.63, 3.8) is 0 Å². The van der Waals surface area contributed by atoms with Crippen molar-refractivity contribution < 1.29 is 9.59 Å². The summed E-state index contributed by atoms with van der Waals surface area (Å²) in [6.07, 6.45) is 0.959. The van der Waals surface area contributed by atoms with Crippen LogP contribution < -0.4 is 10.6 Å². The van der Waals surface area contributed by atoms with Gasteiger partial charge in [-0.25, -0.2) is 0 Å². The summed E-state index contributed by atoms with van der Waals surface area (Å²) < 4.78 is 1.88. The SMILES string of the molecule is CCc1ccccc1NC(=O)Cc1nnc(SCC(=O)Nc2cc(C)ccc2C)n1CC. The highest BCUT2D eigenvalue weighted by molar-refractivity contribution is 7.99. The molecule has 0 aliphatic carbocycles. The second-order valence-corrected chi connectivity index (χ2v) is 8.48. The van der Waals surface area contributed by atoms with Crippen molar-refractivity contribution in [3.05, 3.63) is 65.0 Å². The molecule has 0 aliphatic rings. The molecule has 0 saturated carbocycles. The Hall–Kier alpha value is -3.13. The molecule has 2 amide bonds. The molecule has 0 saturated heterocycles. The Morgan fingerprint density at radius 2 is 1.72 bits per heavy atom. The Balaban J connectivity index is 1.61. The van der Waals surface area contributed by atoms with Gasteiger partial charge in [-0.1, -0.05) is 49.0 Å². The first-order valence-corrected chi connectivity index (χ1v) is 11.7. The quantitative estimate of drug-likeness (QED) is 0.471. The summed E-state index contributed by atoms with van der Waals surface area (Å²) >= 11 is 1.31. The van der Waals surface area contributed by atoms with Crippen molar-refractivity contribution in [2.45, 2.75) is 52.2 Å². The molecule has 7 nitrogen and oxygen atoms in total. The number of rotatable bonds is 9. The number of aryl methyl sites for hydroxylation is 3. The molecule has 1 heterocycles. The van der Waals surface area contributed by atoms with Crippen molar-refractivity contribution in [3.8, 4) is 0 Å². The van der Waals surface area contributed by atoms with Crippen LogP contribution in [0.2, 0.25) is 0 Å². The number of para-hydroxylation sites is 1. The molecule has 0 atom stereocenters. The molecule has 0 bridgehead atoms. The third kappa shape index (κ3) is 5.97. The Morgan fingerprint density at radius 1 is 0.969 bits per heavy atom. The van der Waals surface area contributed by atoms with Gasteiger partial charge in [-0.2, -0.15) is 0 Å². The number of nitrogens with one attached hydrogen (secondary N) is 2. The predicted molar refractivity (Wildman–Crippen MR) is 129 cm³/mol. The summed E-state index contributed by atoms with van der Waals surface area (Å²) in [6, 6.07) is 13.7. The molecular formula is C24H29N5O2S.